The van der Waals surface area contributed by atoms with Crippen molar-refractivity contribution < 1.29 is 58.6 Å². The molecule has 6 rings (SSSR count). The molecule has 18 heteroatoms. The minimum atomic E-state index is -4.78. The van der Waals surface area contributed by atoms with Gasteiger partial charge in [-0.3, -0.25) is 9.59 Å². The predicted octanol–water partition coefficient (Wildman–Crippen LogP) is 10.5. The van der Waals surface area contributed by atoms with Gasteiger partial charge in [0.2, 0.25) is 0 Å². The van der Waals surface area contributed by atoms with Crippen molar-refractivity contribution in [3.63, 3.8) is 0 Å². The predicted molar refractivity (Wildman–Crippen MR) is 206 cm³/mol. The van der Waals surface area contributed by atoms with Crippen molar-refractivity contribution in [1.82, 2.24) is 0 Å². The van der Waals surface area contributed by atoms with Crippen molar-refractivity contribution in [1.29, 1.82) is 5.26 Å². The van der Waals surface area contributed by atoms with Crippen LogP contribution < -0.4 is 29.9 Å². The highest BCUT2D eigenvalue weighted by atomic mass is 19.4. The highest BCUT2D eigenvalue weighted by molar-refractivity contribution is 6.05. The van der Waals surface area contributed by atoms with Crippen LogP contribution in [0.3, 0.4) is 0 Å². The molecule has 0 bridgehead atoms. The molecule has 2 N–H and O–H groups in total. The summed E-state index contributed by atoms with van der Waals surface area (Å²) in [6.07, 6.45) is -13.3. The Hall–Kier alpha value is -6.12. The summed E-state index contributed by atoms with van der Waals surface area (Å²) in [7, 11) is 2.92. The maximum atomic E-state index is 13.7. The second-order valence-corrected chi connectivity index (χ2v) is 14.0. The number of nitriles is 1. The fourth-order valence-corrected chi connectivity index (χ4v) is 6.87. The first-order chi connectivity index (χ1) is 28.3. The SMILES string of the molecule is COc1cccc(NC(=O)c2ccc(N3CCC(C#N)CC3)c(C(F)(F)F)c2)c1.COc1cccc(NC(=O)c2ccc(N3CCC(C(F)(F)F)CC3)c(C(F)(F)F)c2)c1. The Morgan fingerprint density at radius 1 is 0.617 bits per heavy atom. The van der Waals surface area contributed by atoms with E-state index in [0.717, 1.165) is 18.2 Å². The van der Waals surface area contributed by atoms with Crippen LogP contribution in [0.25, 0.3) is 0 Å². The second-order valence-electron chi connectivity index (χ2n) is 14.0. The van der Waals surface area contributed by atoms with Crippen LogP contribution in [0.4, 0.5) is 62.3 Å². The number of methoxy groups -OCH3 is 2. The monoisotopic (exact) mass is 849 g/mol. The minimum Gasteiger partial charge on any atom is -0.497 e. The molecule has 0 aliphatic carbocycles. The molecule has 2 fully saturated rings. The molecule has 4 aromatic rings. The van der Waals surface area contributed by atoms with Crippen molar-refractivity contribution in [3.05, 3.63) is 107 Å². The van der Waals surface area contributed by atoms with Crippen LogP contribution in [0.1, 0.15) is 57.5 Å². The van der Waals surface area contributed by atoms with Gasteiger partial charge in [-0.2, -0.15) is 44.8 Å². The number of ether oxygens (including phenoxy) is 2. The first-order valence-corrected chi connectivity index (χ1v) is 18.6. The third-order valence-corrected chi connectivity index (χ3v) is 10.1. The topological polar surface area (TPSA) is 107 Å². The molecule has 0 aromatic heterocycles. The second kappa shape index (κ2) is 18.9. The fraction of sp³-hybridized carbons (Fsp3) is 0.357. The molecule has 0 atom stereocenters. The van der Waals surface area contributed by atoms with Gasteiger partial charge in [0.1, 0.15) is 11.5 Å². The molecule has 2 heterocycles. The maximum Gasteiger partial charge on any atom is 0.418 e. The van der Waals surface area contributed by atoms with E-state index in [1.807, 2.05) is 0 Å². The third-order valence-electron chi connectivity index (χ3n) is 10.1. The Kier molecular flexibility index (Phi) is 14.1. The van der Waals surface area contributed by atoms with Crippen LogP contribution in [0.15, 0.2) is 84.9 Å². The standard InChI is InChI=1S/C21H20F6N2O2.C21H20F3N3O2/c1-31-16-4-2-3-15(12-16)28-19(30)13-5-6-18(17(11-13)21(25,26)27)29-9-7-14(8-10-29)20(22,23)24;1-29-17-4-2-3-16(12-17)26-20(28)15-5-6-19(18(11-15)21(22,23)24)27-9-7-14(13-25)8-10-27/h2-6,11-12,14H,7-10H2,1H3,(H,28,30);2-6,11-12,14H,7-10H2,1H3,(H,26,28). The Balaban J connectivity index is 0.000000228. The van der Waals surface area contributed by atoms with Gasteiger partial charge in [0.05, 0.1) is 37.3 Å². The zero-order valence-electron chi connectivity index (χ0n) is 32.3. The van der Waals surface area contributed by atoms with Crippen molar-refractivity contribution in [2.24, 2.45) is 11.8 Å². The number of hydrogen-bond donors (Lipinski definition) is 2. The molecule has 0 spiro atoms. The van der Waals surface area contributed by atoms with Gasteiger partial charge in [-0.1, -0.05) is 12.1 Å². The largest absolute Gasteiger partial charge is 0.497 e. The molecular weight excluding hydrogens is 809 g/mol. The van der Waals surface area contributed by atoms with Crippen molar-refractivity contribution >= 4 is 34.6 Å². The fourth-order valence-electron chi connectivity index (χ4n) is 6.87. The smallest absolute Gasteiger partial charge is 0.418 e. The lowest BCUT2D eigenvalue weighted by Crippen LogP contribution is -2.39. The van der Waals surface area contributed by atoms with Crippen LogP contribution in [-0.4, -0.2) is 58.4 Å². The van der Waals surface area contributed by atoms with Crippen LogP contribution in [0.2, 0.25) is 0 Å². The van der Waals surface area contributed by atoms with Crippen molar-refractivity contribution in [2.75, 3.05) is 60.8 Å². The molecule has 2 aliphatic heterocycles. The van der Waals surface area contributed by atoms with Crippen molar-refractivity contribution in [2.45, 2.75) is 44.2 Å². The molecule has 4 aromatic carbocycles. The summed E-state index contributed by atoms with van der Waals surface area (Å²) in [5.74, 6) is -2.06. The van der Waals surface area contributed by atoms with E-state index in [0.29, 0.717) is 48.8 Å². The number of hydrogen-bond acceptors (Lipinski definition) is 7. The van der Waals surface area contributed by atoms with E-state index < -0.39 is 47.4 Å². The highest BCUT2D eigenvalue weighted by Gasteiger charge is 2.43. The van der Waals surface area contributed by atoms with Gasteiger partial charge in [-0.15, -0.1) is 0 Å². The number of benzene rings is 4. The van der Waals surface area contributed by atoms with Crippen LogP contribution in [0, 0.1) is 23.2 Å². The summed E-state index contributed by atoms with van der Waals surface area (Å²) < 4.78 is 131. The number of amides is 2. The Bertz CT molecular complexity index is 2170. The summed E-state index contributed by atoms with van der Waals surface area (Å²) in [5.41, 5.74) is -1.65. The first kappa shape index (κ1) is 45.0. The number of carbonyl (C=O) groups is 2. The number of halogens is 9. The van der Waals surface area contributed by atoms with E-state index in [1.165, 1.54) is 43.4 Å². The summed E-state index contributed by atoms with van der Waals surface area (Å²) in [5, 5.41) is 14.1. The minimum absolute atomic E-state index is 0.0341. The number of alkyl halides is 9. The van der Waals surface area contributed by atoms with E-state index in [4.69, 9.17) is 14.7 Å². The number of rotatable bonds is 8. The summed E-state index contributed by atoms with van der Waals surface area (Å²) in [4.78, 5) is 27.9. The molecule has 9 nitrogen and oxygen atoms in total. The number of nitrogens with zero attached hydrogens (tertiary/aromatic N) is 3. The van der Waals surface area contributed by atoms with Crippen LogP contribution in [-0.2, 0) is 12.4 Å². The van der Waals surface area contributed by atoms with E-state index >= 15 is 0 Å². The van der Waals surface area contributed by atoms with Gasteiger partial charge in [0.15, 0.2) is 0 Å². The van der Waals surface area contributed by atoms with Crippen LogP contribution >= 0.6 is 0 Å². The highest BCUT2D eigenvalue weighted by Crippen LogP contribution is 2.42. The summed E-state index contributed by atoms with van der Waals surface area (Å²) in [6.45, 7) is 0.443. The van der Waals surface area contributed by atoms with Gasteiger partial charge in [0, 0.05) is 78.1 Å². The van der Waals surface area contributed by atoms with Crippen molar-refractivity contribution in [3.8, 4) is 17.6 Å². The molecule has 2 saturated heterocycles. The zero-order chi connectivity index (χ0) is 43.8. The van der Waals surface area contributed by atoms with Gasteiger partial charge < -0.3 is 29.9 Å². The molecule has 0 saturated carbocycles. The third kappa shape index (κ3) is 11.5. The number of anilines is 4. The average Bonchev–Trinajstić information content (AvgIpc) is 3.22. The van der Waals surface area contributed by atoms with Gasteiger partial charge in [0.25, 0.3) is 11.8 Å². The molecule has 2 aliphatic rings. The Morgan fingerprint density at radius 3 is 1.37 bits per heavy atom. The van der Waals surface area contributed by atoms with E-state index in [1.54, 1.807) is 47.4 Å². The quantitative estimate of drug-likeness (QED) is 0.170. The molecule has 320 valence electrons. The first-order valence-electron chi connectivity index (χ1n) is 18.6. The van der Waals surface area contributed by atoms with Gasteiger partial charge >= 0.3 is 18.5 Å². The molecule has 0 unspecified atom stereocenters. The average molecular weight is 850 g/mol. The maximum absolute atomic E-state index is 13.7. The van der Waals surface area contributed by atoms with E-state index in [2.05, 4.69) is 16.7 Å². The zero-order valence-corrected chi connectivity index (χ0v) is 32.3. The number of nitrogens with one attached hydrogen (secondary N) is 2. The van der Waals surface area contributed by atoms with E-state index in [9.17, 15) is 49.1 Å². The molecule has 2 amide bonds. The molecule has 0 radical (unpaired) electrons. The number of carbonyl (C=O) groups excluding carboxylic acids is 2. The lowest BCUT2D eigenvalue weighted by molar-refractivity contribution is -0.179. The van der Waals surface area contributed by atoms with Gasteiger partial charge in [-0.05, 0) is 86.3 Å². The van der Waals surface area contributed by atoms with E-state index in [-0.39, 0.29) is 54.4 Å². The normalized spacial score (nSPS) is 15.3. The van der Waals surface area contributed by atoms with Gasteiger partial charge in [-0.25, -0.2) is 0 Å². The summed E-state index contributed by atoms with van der Waals surface area (Å²) in [6, 6.07) is 21.8. The molecule has 60 heavy (non-hydrogen) atoms. The molecular formula is C42H40F9N5O4. The Morgan fingerprint density at radius 2 is 1.02 bits per heavy atom. The lowest BCUT2D eigenvalue weighted by Gasteiger charge is -2.35. The Labute approximate surface area is 339 Å². The van der Waals surface area contributed by atoms with Crippen LogP contribution in [0.5, 0.6) is 11.5 Å². The number of piperidine rings is 2. The summed E-state index contributed by atoms with van der Waals surface area (Å²) >= 11 is 0. The lowest BCUT2D eigenvalue weighted by atomic mass is 9.95.